The number of hydrogen-bond acceptors (Lipinski definition) is 10. The van der Waals surface area contributed by atoms with Gasteiger partial charge in [-0.1, -0.05) is 148 Å². The van der Waals surface area contributed by atoms with E-state index in [2.05, 4.69) is 9.97 Å². The summed E-state index contributed by atoms with van der Waals surface area (Å²) in [6, 6.07) is 23.3. The molecular weight excluding hydrogens is 1280 g/mol. The number of rotatable bonds is 26. The maximum Gasteiger partial charge on any atom is 0.416 e. The topological polar surface area (TPSA) is 117 Å². The van der Waals surface area contributed by atoms with Crippen LogP contribution in [0.4, 0.5) is 35.1 Å². The molecule has 2 aliphatic rings. The van der Waals surface area contributed by atoms with Gasteiger partial charge in [-0.3, -0.25) is 19.2 Å². The van der Waals surface area contributed by atoms with Crippen LogP contribution in [-0.4, -0.2) is 102 Å². The molecular formula is C74H80F8N8O4S2. The first-order valence-corrected chi connectivity index (χ1v) is 31.8. The van der Waals surface area contributed by atoms with Crippen LogP contribution >= 0.6 is 23.5 Å². The van der Waals surface area contributed by atoms with Crippen molar-refractivity contribution in [3.63, 3.8) is 0 Å². The third kappa shape index (κ3) is 18.4. The van der Waals surface area contributed by atoms with E-state index in [1.165, 1.54) is 121 Å². The van der Waals surface area contributed by atoms with E-state index in [1.54, 1.807) is 0 Å². The maximum atomic E-state index is 15.1. The number of carbonyl (C=O) groups excluding carboxylic acids is 2. The van der Waals surface area contributed by atoms with Crippen molar-refractivity contribution in [3.05, 3.63) is 234 Å². The molecule has 8 aromatic rings. The summed E-state index contributed by atoms with van der Waals surface area (Å²) in [6.45, 7) is -29.5. The van der Waals surface area contributed by atoms with E-state index in [1.807, 2.05) is 0 Å². The number of aromatic nitrogens is 4. The minimum atomic E-state index is -4.60. The largest absolute Gasteiger partial charge is 0.416 e. The molecule has 2 heterocycles. The molecule has 2 atom stereocenters. The van der Waals surface area contributed by atoms with Crippen LogP contribution in [0.2, 0.25) is 0 Å². The quantitative estimate of drug-likeness (QED) is 0.0295. The molecule has 0 aliphatic heterocycles. The van der Waals surface area contributed by atoms with Gasteiger partial charge < -0.3 is 28.7 Å². The first-order chi connectivity index (χ1) is 53.9. The van der Waals surface area contributed by atoms with Gasteiger partial charge >= 0.3 is 12.4 Å². The Balaban J connectivity index is 0.000000269. The molecule has 2 amide bonds. The van der Waals surface area contributed by atoms with Crippen molar-refractivity contribution in [3.8, 4) is 22.3 Å². The highest BCUT2D eigenvalue weighted by Crippen LogP contribution is 2.36. The fourth-order valence-corrected chi connectivity index (χ4v) is 12.1. The molecule has 2 unspecified atom stereocenters. The number of thioether (sulfide) groups is 2. The lowest BCUT2D eigenvalue weighted by atomic mass is 9.99. The van der Waals surface area contributed by atoms with E-state index in [-0.39, 0.29) is 101 Å². The van der Waals surface area contributed by atoms with Gasteiger partial charge in [0.25, 0.3) is 11.1 Å². The molecule has 96 heavy (non-hydrogen) atoms. The molecule has 12 nitrogen and oxygen atoms in total. The average Bonchev–Trinajstić information content (AvgIpc) is 0.856. The summed E-state index contributed by atoms with van der Waals surface area (Å²) in [4.78, 5) is 64.4. The summed E-state index contributed by atoms with van der Waals surface area (Å²) in [6.07, 6.45) is -8.03. The van der Waals surface area contributed by atoms with Crippen molar-refractivity contribution in [2.45, 2.75) is 139 Å². The Bertz CT molecular complexity index is 4780. The van der Waals surface area contributed by atoms with E-state index >= 15 is 9.59 Å². The molecule has 0 N–H and O–H groups in total. The smallest absolute Gasteiger partial charge is 0.333 e. The van der Waals surface area contributed by atoms with Crippen LogP contribution in [-0.2, 0) is 72.1 Å². The highest BCUT2D eigenvalue weighted by molar-refractivity contribution is 7.98. The number of nitrogens with zero attached hydrogens (tertiary/aromatic N) is 8. The van der Waals surface area contributed by atoms with E-state index in [9.17, 15) is 58.4 Å². The number of benzene rings is 6. The highest BCUT2D eigenvalue weighted by atomic mass is 32.2. The van der Waals surface area contributed by atoms with Crippen molar-refractivity contribution in [2.75, 3.05) is 52.0 Å². The number of fused-ring (bicyclic) bond motifs is 2. The van der Waals surface area contributed by atoms with Crippen LogP contribution < -0.4 is 11.1 Å². The molecule has 0 spiro atoms. The van der Waals surface area contributed by atoms with Gasteiger partial charge in [0.05, 0.1) is 36.9 Å². The number of carbonyl (C=O) groups is 2. The van der Waals surface area contributed by atoms with Crippen molar-refractivity contribution in [2.24, 2.45) is 0 Å². The van der Waals surface area contributed by atoms with Crippen LogP contribution in [0.1, 0.15) is 152 Å². The number of hydrogen-bond donors (Lipinski definition) is 0. The van der Waals surface area contributed by atoms with Gasteiger partial charge in [0.15, 0.2) is 10.3 Å². The molecule has 0 saturated carbocycles. The molecule has 10 rings (SSSR count). The third-order valence-corrected chi connectivity index (χ3v) is 17.4. The van der Waals surface area contributed by atoms with E-state index in [0.29, 0.717) is 46.2 Å². The Morgan fingerprint density at radius 1 is 0.490 bits per heavy atom. The molecule has 0 saturated heterocycles. The number of halogens is 8. The minimum absolute atomic E-state index is 0.00354. The molecule has 2 aromatic heterocycles. The standard InChI is InChI=1S/2C37H40F4N4O2S/c2*1-4-43(5-2)21-22-44(25(3)27-11-13-28(14-12-27)29-15-17-30(18-16-29)37(39,40)41)34(46)23-45-33-8-6-7-32(33)35(47)42-36(45)48-24-26-9-19-31(38)20-10-26/h2*9-20,25H,4-8,21-24H2,1-3H3/i2*4D2,5D2,21D2,22D2,23D2,25D. The molecule has 508 valence electrons. The Morgan fingerprint density at radius 3 is 1.10 bits per heavy atom. The van der Waals surface area contributed by atoms with E-state index in [0.717, 1.165) is 98.5 Å². The van der Waals surface area contributed by atoms with Gasteiger partial charge in [0.2, 0.25) is 11.8 Å². The highest BCUT2D eigenvalue weighted by Gasteiger charge is 2.33. The number of likely N-dealkylation sites (N-methyl/N-ethyl adjacent to an activating group) is 2. The van der Waals surface area contributed by atoms with Crippen LogP contribution in [0.25, 0.3) is 22.3 Å². The summed E-state index contributed by atoms with van der Waals surface area (Å²) in [5.41, 5.74) is -1.16. The van der Waals surface area contributed by atoms with Crippen molar-refractivity contribution < 1.29 is 74.9 Å². The molecule has 0 bridgehead atoms. The van der Waals surface area contributed by atoms with Crippen LogP contribution in [0, 0.1) is 11.6 Å². The monoisotopic (exact) mass is 1380 g/mol. The van der Waals surface area contributed by atoms with Crippen LogP contribution in [0.3, 0.4) is 0 Å². The molecule has 22 heteroatoms. The number of alkyl halides is 6. The summed E-state index contributed by atoms with van der Waals surface area (Å²) in [5.74, 6) is -4.83. The maximum absolute atomic E-state index is 15.1. The second-order valence-electron chi connectivity index (χ2n) is 21.5. The fourth-order valence-electron chi connectivity index (χ4n) is 10.2. The second kappa shape index (κ2) is 32.9. The fraction of sp³-hybridized carbons (Fsp3) is 0.378. The zero-order valence-electron chi connectivity index (χ0n) is 74.6. The predicted octanol–water partition coefficient (Wildman–Crippen LogP) is 15.6. The Labute approximate surface area is 594 Å². The minimum Gasteiger partial charge on any atom is -0.333 e. The average molecular weight is 1380 g/mol. The Hall–Kier alpha value is -7.92. The van der Waals surface area contributed by atoms with Crippen molar-refractivity contribution >= 4 is 35.3 Å². The molecule has 6 aromatic carbocycles. The van der Waals surface area contributed by atoms with Gasteiger partial charge in [-0.05, 0) is 171 Å². The zero-order chi connectivity index (χ0) is 88.6. The summed E-state index contributed by atoms with van der Waals surface area (Å²) in [5, 5.41) is -0.684. The van der Waals surface area contributed by atoms with Crippen molar-refractivity contribution in [1.29, 1.82) is 0 Å². The summed E-state index contributed by atoms with van der Waals surface area (Å²) >= 11 is 1.61. The lowest BCUT2D eigenvalue weighted by molar-refractivity contribution is -0.138. The lowest BCUT2D eigenvalue weighted by Crippen LogP contribution is -2.42. The second-order valence-corrected chi connectivity index (χ2v) is 23.3. The lowest BCUT2D eigenvalue weighted by Gasteiger charge is -2.33. The van der Waals surface area contributed by atoms with Gasteiger partial charge in [-0.25, -0.2) is 8.78 Å². The van der Waals surface area contributed by atoms with E-state index in [4.69, 9.17) is 16.4 Å². The SMILES string of the molecule is [2H]C([2H])(C)N(C([2H])([2H])C)C([2H])([2H])C([2H])([2H])N(C(=O)C([2H])([2H])n1c(SCc2ccc(F)cc2)nc(=O)c2c1CCC2)C([2H])(C)c1ccc(-c2ccc(C(F)(F)F)cc2)cc1.[2H]C([2H])(C)N(C([2H])([2H])C)C([2H])([2H])C([2H])([2H])N(C(=O)C([2H])([2H])n1c(SCc2ccc(F)cc2)nc(=O)c2c1CCC2)C([2H])(C)c1ccc(-c2ccc(C(F)(F)F)cc2)cc1. The molecule has 0 fully saturated rings. The normalized spacial score (nSPS) is 19.0. The van der Waals surface area contributed by atoms with Gasteiger partial charge in [-0.2, -0.15) is 36.3 Å². The summed E-state index contributed by atoms with van der Waals surface area (Å²) in [7, 11) is 0. The van der Waals surface area contributed by atoms with E-state index < -0.39 is 135 Å². The van der Waals surface area contributed by atoms with Crippen molar-refractivity contribution in [1.82, 2.24) is 38.7 Å². The zero-order valence-corrected chi connectivity index (χ0v) is 54.2. The van der Waals surface area contributed by atoms with Gasteiger partial charge in [0, 0.05) is 76.5 Å². The van der Waals surface area contributed by atoms with Gasteiger partial charge in [0.1, 0.15) is 24.6 Å². The Kier molecular flexibility index (Phi) is 16.4. The van der Waals surface area contributed by atoms with Gasteiger partial charge in [-0.15, -0.1) is 0 Å². The predicted molar refractivity (Wildman–Crippen MR) is 363 cm³/mol. The Morgan fingerprint density at radius 2 is 0.802 bits per heavy atom. The molecule has 0 radical (unpaired) electrons. The number of amides is 2. The van der Waals surface area contributed by atoms with Crippen LogP contribution in [0.15, 0.2) is 165 Å². The van der Waals surface area contributed by atoms with Crippen LogP contribution in [0.5, 0.6) is 0 Å². The third-order valence-electron chi connectivity index (χ3n) is 15.4. The first kappa shape index (κ1) is 47.9. The summed E-state index contributed by atoms with van der Waals surface area (Å²) < 4.78 is 305. The first-order valence-electron chi connectivity index (χ1n) is 40.8. The molecule has 2 aliphatic carbocycles.